The second kappa shape index (κ2) is 3.70. The van der Waals surface area contributed by atoms with Crippen LogP contribution in [-0.2, 0) is 9.57 Å². The Morgan fingerprint density at radius 2 is 2.12 bits per heavy atom. The summed E-state index contributed by atoms with van der Waals surface area (Å²) < 4.78 is 5.88. The van der Waals surface area contributed by atoms with E-state index in [9.17, 15) is 0 Å². The van der Waals surface area contributed by atoms with Crippen LogP contribution in [0, 0.1) is 0 Å². The smallest absolute Gasteiger partial charge is 0.107 e. The molecular weight excluding hydrogens is 202 g/mol. The Hall–Kier alpha value is -1.16. The molecule has 1 aromatic carbocycles. The van der Waals surface area contributed by atoms with Crippen molar-refractivity contribution < 1.29 is 9.57 Å². The maximum absolute atomic E-state index is 5.88. The maximum atomic E-state index is 5.88. The van der Waals surface area contributed by atoms with Crippen LogP contribution in [-0.4, -0.2) is 18.8 Å². The van der Waals surface area contributed by atoms with E-state index in [0.717, 1.165) is 0 Å². The Balaban J connectivity index is 1.99. The lowest BCUT2D eigenvalue weighted by Crippen LogP contribution is -2.48. The van der Waals surface area contributed by atoms with Crippen LogP contribution in [0.3, 0.4) is 0 Å². The zero-order chi connectivity index (χ0) is 11.0. The first kappa shape index (κ1) is 10.0. The summed E-state index contributed by atoms with van der Waals surface area (Å²) in [5, 5.41) is 0. The second-order valence-electron chi connectivity index (χ2n) is 4.45. The van der Waals surface area contributed by atoms with Crippen molar-refractivity contribution in [1.29, 1.82) is 0 Å². The highest BCUT2D eigenvalue weighted by molar-refractivity contribution is 5.34. The third kappa shape index (κ3) is 1.40. The van der Waals surface area contributed by atoms with Crippen molar-refractivity contribution in [2.24, 2.45) is 0 Å². The molecular formula is C13H15NO2. The van der Waals surface area contributed by atoms with Crippen LogP contribution in [0.15, 0.2) is 42.0 Å². The molecule has 0 unspecified atom stereocenters. The van der Waals surface area contributed by atoms with Gasteiger partial charge in [0.25, 0.3) is 0 Å². The van der Waals surface area contributed by atoms with Gasteiger partial charge in [-0.1, -0.05) is 36.4 Å². The average molecular weight is 217 g/mol. The molecule has 0 aliphatic carbocycles. The van der Waals surface area contributed by atoms with Gasteiger partial charge in [0.15, 0.2) is 0 Å². The zero-order valence-electron chi connectivity index (χ0n) is 9.27. The highest BCUT2D eigenvalue weighted by Crippen LogP contribution is 2.42. The monoisotopic (exact) mass is 217 g/mol. The lowest BCUT2D eigenvalue weighted by Gasteiger charge is -2.34. The van der Waals surface area contributed by atoms with E-state index < -0.39 is 0 Å². The van der Waals surface area contributed by atoms with E-state index in [1.807, 2.05) is 18.2 Å². The summed E-state index contributed by atoms with van der Waals surface area (Å²) in [6, 6.07) is 10.3. The molecule has 84 valence electrons. The van der Waals surface area contributed by atoms with E-state index in [1.165, 1.54) is 11.1 Å². The number of hydrogen-bond acceptors (Lipinski definition) is 3. The van der Waals surface area contributed by atoms with E-state index in [0.29, 0.717) is 13.2 Å². The summed E-state index contributed by atoms with van der Waals surface area (Å²) in [7, 11) is 0. The van der Waals surface area contributed by atoms with Crippen molar-refractivity contribution in [3.05, 3.63) is 47.5 Å². The van der Waals surface area contributed by atoms with Crippen LogP contribution < -0.4 is 5.48 Å². The maximum Gasteiger partial charge on any atom is 0.107 e. The molecule has 16 heavy (non-hydrogen) atoms. The van der Waals surface area contributed by atoms with Crippen LogP contribution in [0.5, 0.6) is 0 Å². The molecule has 1 fully saturated rings. The molecule has 0 saturated carbocycles. The highest BCUT2D eigenvalue weighted by atomic mass is 16.7. The molecule has 3 nitrogen and oxygen atoms in total. The van der Waals surface area contributed by atoms with Gasteiger partial charge in [-0.25, -0.2) is 0 Å². The Morgan fingerprint density at radius 3 is 2.94 bits per heavy atom. The summed E-state index contributed by atoms with van der Waals surface area (Å²) in [6.45, 7) is 3.44. The van der Waals surface area contributed by atoms with E-state index in [-0.39, 0.29) is 11.6 Å². The summed E-state index contributed by atoms with van der Waals surface area (Å²) in [6.07, 6.45) is 2.14. The normalized spacial score (nSPS) is 33.3. The molecule has 1 aromatic rings. The molecule has 0 amide bonds. The first-order valence-electron chi connectivity index (χ1n) is 5.56. The molecule has 1 saturated heterocycles. The summed E-state index contributed by atoms with van der Waals surface area (Å²) in [4.78, 5) is 5.33. The van der Waals surface area contributed by atoms with Crippen molar-refractivity contribution in [3.8, 4) is 0 Å². The van der Waals surface area contributed by atoms with Gasteiger partial charge in [0.05, 0.1) is 18.8 Å². The Bertz CT molecular complexity index is 415. The number of ether oxygens (including phenoxy) is 1. The number of nitrogens with one attached hydrogen (secondary N) is 1. The number of rotatable bonds is 1. The van der Waals surface area contributed by atoms with Gasteiger partial charge >= 0.3 is 0 Å². The van der Waals surface area contributed by atoms with E-state index >= 15 is 0 Å². The molecule has 2 atom stereocenters. The van der Waals surface area contributed by atoms with Gasteiger partial charge in [0.1, 0.15) is 6.10 Å². The van der Waals surface area contributed by atoms with E-state index in [2.05, 4.69) is 30.6 Å². The molecule has 0 spiro atoms. The minimum atomic E-state index is -0.223. The van der Waals surface area contributed by atoms with Crippen LogP contribution in [0.4, 0.5) is 0 Å². The van der Waals surface area contributed by atoms with Crippen molar-refractivity contribution in [2.45, 2.75) is 18.6 Å². The van der Waals surface area contributed by atoms with Gasteiger partial charge in [-0.05, 0) is 18.1 Å². The quantitative estimate of drug-likeness (QED) is 0.730. The predicted octanol–water partition coefficient (Wildman–Crippen LogP) is 1.98. The zero-order valence-corrected chi connectivity index (χ0v) is 9.27. The lowest BCUT2D eigenvalue weighted by atomic mass is 9.85. The van der Waals surface area contributed by atoms with Crippen molar-refractivity contribution >= 4 is 0 Å². The lowest BCUT2D eigenvalue weighted by molar-refractivity contribution is -0.0373. The molecule has 0 bridgehead atoms. The van der Waals surface area contributed by atoms with E-state index in [4.69, 9.17) is 9.57 Å². The standard InChI is InChI=1S/C13H15NO2/c1-13-11(7-8-16-14-13)9-15-12(13)10-5-3-2-4-6-10/h2-7,12,14H,8-9H2,1H3/t12-,13+/m0/s1. The van der Waals surface area contributed by atoms with Crippen molar-refractivity contribution in [2.75, 3.05) is 13.2 Å². The van der Waals surface area contributed by atoms with Gasteiger partial charge in [0, 0.05) is 0 Å². The van der Waals surface area contributed by atoms with Crippen LogP contribution >= 0.6 is 0 Å². The SMILES string of the molecule is C[C@@]12NOCC=C1CO[C@H]2c1ccccc1. The number of fused-ring (bicyclic) bond motifs is 1. The average Bonchev–Trinajstić information content (AvgIpc) is 2.67. The van der Waals surface area contributed by atoms with Gasteiger partial charge in [-0.15, -0.1) is 0 Å². The van der Waals surface area contributed by atoms with Gasteiger partial charge in [-0.3, -0.25) is 4.84 Å². The molecule has 0 aromatic heterocycles. The summed E-state index contributed by atoms with van der Waals surface area (Å²) in [5.41, 5.74) is 5.36. The van der Waals surface area contributed by atoms with Crippen LogP contribution in [0.25, 0.3) is 0 Å². The molecule has 1 N–H and O–H groups in total. The highest BCUT2D eigenvalue weighted by Gasteiger charge is 2.46. The Kier molecular flexibility index (Phi) is 2.32. The third-order valence-electron chi connectivity index (χ3n) is 3.40. The first-order valence-corrected chi connectivity index (χ1v) is 5.56. The minimum Gasteiger partial charge on any atom is -0.367 e. The fourth-order valence-corrected chi connectivity index (χ4v) is 2.44. The topological polar surface area (TPSA) is 30.5 Å². The first-order chi connectivity index (χ1) is 7.81. The fraction of sp³-hybridized carbons (Fsp3) is 0.385. The van der Waals surface area contributed by atoms with Crippen LogP contribution in [0.1, 0.15) is 18.6 Å². The largest absolute Gasteiger partial charge is 0.367 e. The molecule has 2 heterocycles. The third-order valence-corrected chi connectivity index (χ3v) is 3.40. The van der Waals surface area contributed by atoms with E-state index in [1.54, 1.807) is 0 Å². The van der Waals surface area contributed by atoms with Gasteiger partial charge in [-0.2, -0.15) is 5.48 Å². The fourth-order valence-electron chi connectivity index (χ4n) is 2.44. The molecule has 3 heteroatoms. The number of hydroxylamine groups is 1. The molecule has 2 aliphatic heterocycles. The van der Waals surface area contributed by atoms with Gasteiger partial charge < -0.3 is 4.74 Å². The Labute approximate surface area is 95.0 Å². The van der Waals surface area contributed by atoms with Crippen LogP contribution in [0.2, 0.25) is 0 Å². The second-order valence-corrected chi connectivity index (χ2v) is 4.45. The van der Waals surface area contributed by atoms with Gasteiger partial charge in [0.2, 0.25) is 0 Å². The minimum absolute atomic E-state index is 0.0280. The number of hydrogen-bond donors (Lipinski definition) is 1. The predicted molar refractivity (Wildman–Crippen MR) is 60.7 cm³/mol. The van der Waals surface area contributed by atoms with Crippen molar-refractivity contribution in [3.63, 3.8) is 0 Å². The summed E-state index contributed by atoms with van der Waals surface area (Å²) in [5.74, 6) is 0. The molecule has 0 radical (unpaired) electrons. The molecule has 2 aliphatic rings. The molecule has 3 rings (SSSR count). The Morgan fingerprint density at radius 1 is 1.31 bits per heavy atom. The number of benzene rings is 1. The van der Waals surface area contributed by atoms with Crippen molar-refractivity contribution in [1.82, 2.24) is 5.48 Å². The summed E-state index contributed by atoms with van der Waals surface area (Å²) >= 11 is 0.